The summed E-state index contributed by atoms with van der Waals surface area (Å²) in [5, 5.41) is 5.79. The Morgan fingerprint density at radius 1 is 1.12 bits per heavy atom. The number of thiazole rings is 1. The lowest BCUT2D eigenvalue weighted by Crippen LogP contribution is -2.49. The number of amides is 3. The molecule has 0 aliphatic carbocycles. The summed E-state index contributed by atoms with van der Waals surface area (Å²) in [4.78, 5) is 50.5. The Labute approximate surface area is 197 Å². The second-order valence-electron chi connectivity index (χ2n) is 7.74. The Balaban J connectivity index is 3.02. The number of carbonyl (C=O) groups is 4. The van der Waals surface area contributed by atoms with Crippen LogP contribution in [0, 0.1) is 0 Å². The van der Waals surface area contributed by atoms with E-state index in [1.165, 1.54) is 0 Å². The molecule has 0 aliphatic heterocycles. The Kier molecular flexibility index (Phi) is 10.5. The highest BCUT2D eigenvalue weighted by Crippen LogP contribution is 2.36. The summed E-state index contributed by atoms with van der Waals surface area (Å²) in [5.41, 5.74) is -2.50. The highest BCUT2D eigenvalue weighted by molar-refractivity contribution is 7.17. The maximum absolute atomic E-state index is 13.4. The molecule has 0 saturated heterocycles. The van der Waals surface area contributed by atoms with E-state index in [9.17, 15) is 32.3 Å². The van der Waals surface area contributed by atoms with Crippen LogP contribution >= 0.6 is 11.3 Å². The molecular formula is C19H27F3N4O7S. The van der Waals surface area contributed by atoms with E-state index in [4.69, 9.17) is 9.47 Å². The van der Waals surface area contributed by atoms with Crippen molar-refractivity contribution in [3.8, 4) is 0 Å². The van der Waals surface area contributed by atoms with Gasteiger partial charge >= 0.3 is 24.3 Å². The van der Waals surface area contributed by atoms with Crippen LogP contribution in [0.15, 0.2) is 0 Å². The predicted molar refractivity (Wildman–Crippen MR) is 115 cm³/mol. The zero-order chi connectivity index (χ0) is 26.1. The van der Waals surface area contributed by atoms with Gasteiger partial charge in [-0.05, 0) is 27.2 Å². The molecule has 0 fully saturated rings. The van der Waals surface area contributed by atoms with Crippen LogP contribution in [0.4, 0.5) is 27.9 Å². The average Bonchev–Trinajstić information content (AvgIpc) is 3.13. The van der Waals surface area contributed by atoms with Crippen molar-refractivity contribution in [2.24, 2.45) is 0 Å². The molecule has 0 spiro atoms. The molecule has 3 N–H and O–H groups in total. The molecule has 1 rings (SSSR count). The zero-order valence-corrected chi connectivity index (χ0v) is 20.1. The Hall–Kier alpha value is -3.10. The van der Waals surface area contributed by atoms with E-state index in [-0.39, 0.29) is 17.9 Å². The van der Waals surface area contributed by atoms with Crippen molar-refractivity contribution >= 4 is 40.5 Å². The van der Waals surface area contributed by atoms with Gasteiger partial charge in [0.1, 0.15) is 16.5 Å². The fourth-order valence-corrected chi connectivity index (χ4v) is 3.09. The van der Waals surface area contributed by atoms with Crippen molar-refractivity contribution in [3.05, 3.63) is 10.6 Å². The summed E-state index contributed by atoms with van der Waals surface area (Å²) in [5.74, 6) is -2.34. The number of unbranched alkanes of at least 4 members (excludes halogenated alkanes) is 1. The maximum atomic E-state index is 13.4. The van der Waals surface area contributed by atoms with Gasteiger partial charge < -0.3 is 24.8 Å². The van der Waals surface area contributed by atoms with Crippen LogP contribution in [-0.2, 0) is 25.2 Å². The molecule has 34 heavy (non-hydrogen) atoms. The second kappa shape index (κ2) is 12.4. The van der Waals surface area contributed by atoms with E-state index < -0.39 is 64.1 Å². The van der Waals surface area contributed by atoms with Crippen molar-refractivity contribution in [2.75, 3.05) is 25.6 Å². The van der Waals surface area contributed by atoms with Crippen molar-refractivity contribution in [2.45, 2.75) is 58.4 Å². The summed E-state index contributed by atoms with van der Waals surface area (Å²) in [6, 6.07) is -1.53. The second-order valence-corrected chi connectivity index (χ2v) is 8.74. The minimum absolute atomic E-state index is 0.126. The number of alkyl halides is 3. The van der Waals surface area contributed by atoms with Gasteiger partial charge in [-0.25, -0.2) is 19.4 Å². The smallest absolute Gasteiger partial charge is 0.435 e. The van der Waals surface area contributed by atoms with Crippen molar-refractivity contribution < 1.29 is 46.6 Å². The van der Waals surface area contributed by atoms with E-state index in [0.29, 0.717) is 6.42 Å². The largest absolute Gasteiger partial charge is 0.467 e. The molecule has 15 heteroatoms. The lowest BCUT2D eigenvalue weighted by Gasteiger charge is -2.18. The number of methoxy groups -OCH3 is 1. The van der Waals surface area contributed by atoms with Crippen molar-refractivity contribution in [1.82, 2.24) is 15.6 Å². The highest BCUT2D eigenvalue weighted by atomic mass is 32.1. The first-order valence-corrected chi connectivity index (χ1v) is 10.9. The maximum Gasteiger partial charge on any atom is 0.435 e. The lowest BCUT2D eigenvalue weighted by atomic mass is 10.2. The van der Waals surface area contributed by atoms with E-state index in [0.717, 1.165) is 13.5 Å². The standard InChI is InChI=1S/C19H27F3N4O7S/c1-6-7-8-32-16(29)23-9-10(14(28)31-5)24-13(27)11-12(19(20,21)22)25-15(34-11)26-17(30)33-18(2,3)4/h10H,6-9H2,1-5H3,(H,23,29)(H,24,27)(H,25,26,30). The van der Waals surface area contributed by atoms with Crippen LogP contribution in [0.1, 0.15) is 55.9 Å². The zero-order valence-electron chi connectivity index (χ0n) is 19.3. The molecule has 1 atom stereocenters. The summed E-state index contributed by atoms with van der Waals surface area (Å²) >= 11 is 0.229. The van der Waals surface area contributed by atoms with Gasteiger partial charge in [-0.1, -0.05) is 24.7 Å². The summed E-state index contributed by atoms with van der Waals surface area (Å²) in [6.07, 6.45) is -5.61. The Morgan fingerprint density at radius 2 is 1.76 bits per heavy atom. The van der Waals surface area contributed by atoms with Gasteiger partial charge in [0.15, 0.2) is 10.8 Å². The van der Waals surface area contributed by atoms with Gasteiger partial charge in [0.05, 0.1) is 20.3 Å². The first-order valence-electron chi connectivity index (χ1n) is 10.0. The molecule has 1 heterocycles. The molecule has 1 aromatic heterocycles. The normalized spacial score (nSPS) is 12.4. The molecule has 0 saturated carbocycles. The number of halogens is 3. The molecular weight excluding hydrogens is 485 g/mol. The summed E-state index contributed by atoms with van der Waals surface area (Å²) < 4.78 is 54.7. The number of nitrogens with one attached hydrogen (secondary N) is 3. The first kappa shape index (κ1) is 28.9. The minimum Gasteiger partial charge on any atom is -0.467 e. The van der Waals surface area contributed by atoms with Crippen LogP contribution in [0.2, 0.25) is 0 Å². The fraction of sp³-hybridized carbons (Fsp3) is 0.632. The van der Waals surface area contributed by atoms with Crippen molar-refractivity contribution in [3.63, 3.8) is 0 Å². The molecule has 3 amide bonds. The number of carbonyl (C=O) groups excluding carboxylic acids is 4. The summed E-state index contributed by atoms with van der Waals surface area (Å²) in [7, 11) is 0.998. The monoisotopic (exact) mass is 512 g/mol. The van der Waals surface area contributed by atoms with Crippen LogP contribution in [0.3, 0.4) is 0 Å². The van der Waals surface area contributed by atoms with Crippen LogP contribution in [-0.4, -0.2) is 61.0 Å². The molecule has 0 aliphatic rings. The van der Waals surface area contributed by atoms with E-state index in [1.807, 2.05) is 12.2 Å². The lowest BCUT2D eigenvalue weighted by molar-refractivity contribution is -0.142. The first-order chi connectivity index (χ1) is 15.7. The van der Waals surface area contributed by atoms with E-state index in [2.05, 4.69) is 20.4 Å². The number of alkyl carbamates (subject to hydrolysis) is 1. The van der Waals surface area contributed by atoms with Crippen LogP contribution < -0.4 is 16.0 Å². The SMILES string of the molecule is CCCCOC(=O)NCC(NC(=O)c1sc(NC(=O)OC(C)(C)C)nc1C(F)(F)F)C(=O)OC. The predicted octanol–water partition coefficient (Wildman–Crippen LogP) is 3.31. The number of rotatable bonds is 9. The minimum atomic E-state index is -5.04. The molecule has 0 bridgehead atoms. The number of esters is 1. The van der Waals surface area contributed by atoms with E-state index >= 15 is 0 Å². The number of ether oxygens (including phenoxy) is 3. The van der Waals surface area contributed by atoms with Gasteiger partial charge in [0, 0.05) is 0 Å². The van der Waals surface area contributed by atoms with Crippen LogP contribution in [0.25, 0.3) is 0 Å². The summed E-state index contributed by atoms with van der Waals surface area (Å²) in [6.45, 7) is 6.15. The van der Waals surface area contributed by atoms with Gasteiger partial charge in [-0.3, -0.25) is 10.1 Å². The Bertz CT molecular complexity index is 884. The highest BCUT2D eigenvalue weighted by Gasteiger charge is 2.40. The molecule has 1 unspecified atom stereocenters. The third kappa shape index (κ3) is 9.80. The number of aromatic nitrogens is 1. The van der Waals surface area contributed by atoms with Crippen LogP contribution in [0.5, 0.6) is 0 Å². The molecule has 11 nitrogen and oxygen atoms in total. The topological polar surface area (TPSA) is 145 Å². The van der Waals surface area contributed by atoms with Gasteiger partial charge in [0.2, 0.25) is 0 Å². The van der Waals surface area contributed by atoms with E-state index in [1.54, 1.807) is 20.8 Å². The van der Waals surface area contributed by atoms with Crippen molar-refractivity contribution in [1.29, 1.82) is 0 Å². The fourth-order valence-electron chi connectivity index (χ4n) is 2.22. The molecule has 1 aromatic rings. The molecule has 0 radical (unpaired) electrons. The van der Waals surface area contributed by atoms with Gasteiger partial charge in [-0.2, -0.15) is 13.2 Å². The average molecular weight is 513 g/mol. The molecule has 0 aromatic carbocycles. The number of anilines is 1. The quantitative estimate of drug-likeness (QED) is 0.260. The number of nitrogens with zero attached hydrogens (tertiary/aromatic N) is 1. The van der Waals surface area contributed by atoms with Gasteiger partial charge in [0.25, 0.3) is 5.91 Å². The molecule has 192 valence electrons. The third-order valence-electron chi connectivity index (χ3n) is 3.68. The number of hydrogen-bond donors (Lipinski definition) is 3. The Morgan fingerprint density at radius 3 is 2.29 bits per heavy atom. The van der Waals surface area contributed by atoms with Gasteiger partial charge in [-0.15, -0.1) is 0 Å². The number of hydrogen-bond acceptors (Lipinski definition) is 9. The third-order valence-corrected chi connectivity index (χ3v) is 4.65.